The summed E-state index contributed by atoms with van der Waals surface area (Å²) in [7, 11) is 0. The van der Waals surface area contributed by atoms with Crippen molar-refractivity contribution in [2.24, 2.45) is 5.73 Å². The Bertz CT molecular complexity index is 272. The van der Waals surface area contributed by atoms with E-state index in [9.17, 15) is 5.11 Å². The second kappa shape index (κ2) is 7.55. The third-order valence-electron chi connectivity index (χ3n) is 1.36. The van der Waals surface area contributed by atoms with Crippen LogP contribution in [-0.4, -0.2) is 18.3 Å². The molecule has 0 aliphatic heterocycles. The molecular formula is C8H14Cl2N2O2. The third-order valence-corrected chi connectivity index (χ3v) is 1.36. The zero-order valence-corrected chi connectivity index (χ0v) is 9.11. The number of hydrogen-bond acceptors (Lipinski definition) is 4. The lowest BCUT2D eigenvalue weighted by Gasteiger charge is -2.06. The standard InChI is InChI=1S/C8H12N2O2.2ClH/c9-3-4-12-8-2-1-6(10)5-7(8)11;;/h1-2,5,11H,3-4,9-10H2;2*1H. The first-order valence-electron chi connectivity index (χ1n) is 3.65. The van der Waals surface area contributed by atoms with Gasteiger partial charge in [0, 0.05) is 18.3 Å². The van der Waals surface area contributed by atoms with Crippen molar-refractivity contribution in [1.82, 2.24) is 0 Å². The fourth-order valence-corrected chi connectivity index (χ4v) is 0.825. The average molecular weight is 241 g/mol. The van der Waals surface area contributed by atoms with Crippen LogP contribution in [0.5, 0.6) is 11.5 Å². The van der Waals surface area contributed by atoms with E-state index in [0.29, 0.717) is 24.6 Å². The molecule has 0 aliphatic carbocycles. The van der Waals surface area contributed by atoms with E-state index >= 15 is 0 Å². The lowest BCUT2D eigenvalue weighted by atomic mass is 10.3. The van der Waals surface area contributed by atoms with Gasteiger partial charge >= 0.3 is 0 Å². The number of rotatable bonds is 3. The summed E-state index contributed by atoms with van der Waals surface area (Å²) in [5.74, 6) is 0.457. The minimum Gasteiger partial charge on any atom is -0.504 e. The van der Waals surface area contributed by atoms with Crippen LogP contribution < -0.4 is 16.2 Å². The molecule has 14 heavy (non-hydrogen) atoms. The van der Waals surface area contributed by atoms with Gasteiger partial charge in [0.2, 0.25) is 0 Å². The first-order valence-corrected chi connectivity index (χ1v) is 3.65. The van der Waals surface area contributed by atoms with E-state index in [1.807, 2.05) is 0 Å². The average Bonchev–Trinajstić information content (AvgIpc) is 2.03. The highest BCUT2D eigenvalue weighted by Gasteiger charge is 2.00. The van der Waals surface area contributed by atoms with E-state index in [2.05, 4.69) is 0 Å². The molecule has 1 aromatic carbocycles. The summed E-state index contributed by atoms with van der Waals surface area (Å²) >= 11 is 0. The predicted molar refractivity (Wildman–Crippen MR) is 61.6 cm³/mol. The fraction of sp³-hybridized carbons (Fsp3) is 0.250. The molecule has 5 N–H and O–H groups in total. The normalized spacial score (nSPS) is 8.36. The maximum absolute atomic E-state index is 9.27. The molecule has 4 nitrogen and oxygen atoms in total. The van der Waals surface area contributed by atoms with Crippen LogP contribution in [0.2, 0.25) is 0 Å². The molecule has 0 amide bonds. The van der Waals surface area contributed by atoms with Gasteiger partial charge in [0.25, 0.3) is 0 Å². The van der Waals surface area contributed by atoms with Crippen molar-refractivity contribution in [2.75, 3.05) is 18.9 Å². The summed E-state index contributed by atoms with van der Waals surface area (Å²) < 4.78 is 5.11. The Morgan fingerprint density at radius 1 is 1.29 bits per heavy atom. The smallest absolute Gasteiger partial charge is 0.161 e. The van der Waals surface area contributed by atoms with Gasteiger partial charge in [-0.05, 0) is 12.1 Å². The molecule has 1 rings (SSSR count). The number of anilines is 1. The second-order valence-corrected chi connectivity index (χ2v) is 2.36. The molecule has 0 radical (unpaired) electrons. The highest BCUT2D eigenvalue weighted by molar-refractivity contribution is 5.85. The van der Waals surface area contributed by atoms with Gasteiger partial charge in [-0.25, -0.2) is 0 Å². The molecule has 0 bridgehead atoms. The van der Waals surface area contributed by atoms with E-state index in [0.717, 1.165) is 0 Å². The summed E-state index contributed by atoms with van der Waals surface area (Å²) in [6.07, 6.45) is 0. The summed E-state index contributed by atoms with van der Waals surface area (Å²) in [4.78, 5) is 0. The van der Waals surface area contributed by atoms with Gasteiger partial charge < -0.3 is 21.3 Å². The molecule has 0 aromatic heterocycles. The highest BCUT2D eigenvalue weighted by Crippen LogP contribution is 2.27. The van der Waals surface area contributed by atoms with Crippen molar-refractivity contribution >= 4 is 30.5 Å². The molecule has 0 spiro atoms. The Labute approximate surface area is 95.1 Å². The lowest BCUT2D eigenvalue weighted by molar-refractivity contribution is 0.309. The topological polar surface area (TPSA) is 81.5 Å². The van der Waals surface area contributed by atoms with E-state index in [1.165, 1.54) is 6.07 Å². The number of hydrogen-bond donors (Lipinski definition) is 3. The number of halogens is 2. The van der Waals surface area contributed by atoms with Crippen LogP contribution in [0.1, 0.15) is 0 Å². The number of phenols is 1. The van der Waals surface area contributed by atoms with E-state index in [-0.39, 0.29) is 30.6 Å². The number of nitrogens with two attached hydrogens (primary N) is 2. The third kappa shape index (κ3) is 4.41. The SMILES string of the molecule is Cl.Cl.NCCOc1ccc(N)cc1O. The van der Waals surface area contributed by atoms with Crippen LogP contribution in [0.15, 0.2) is 18.2 Å². The van der Waals surface area contributed by atoms with E-state index < -0.39 is 0 Å². The van der Waals surface area contributed by atoms with Crippen molar-refractivity contribution in [1.29, 1.82) is 0 Å². The van der Waals surface area contributed by atoms with E-state index in [4.69, 9.17) is 16.2 Å². The largest absolute Gasteiger partial charge is 0.504 e. The summed E-state index contributed by atoms with van der Waals surface area (Å²) in [6.45, 7) is 0.807. The Kier molecular flexibility index (Phi) is 8.43. The van der Waals surface area contributed by atoms with Crippen LogP contribution in [0.3, 0.4) is 0 Å². The minimum absolute atomic E-state index is 0. The molecular weight excluding hydrogens is 227 g/mol. The summed E-state index contributed by atoms with van der Waals surface area (Å²) in [6, 6.07) is 4.71. The molecule has 0 heterocycles. The molecule has 82 valence electrons. The van der Waals surface area contributed by atoms with Crippen molar-refractivity contribution in [3.63, 3.8) is 0 Å². The monoisotopic (exact) mass is 240 g/mol. The summed E-state index contributed by atoms with van der Waals surface area (Å²) in [5.41, 5.74) is 11.1. The van der Waals surface area contributed by atoms with Gasteiger partial charge in [-0.2, -0.15) is 0 Å². The number of phenolic OH excluding ortho intramolecular Hbond substituents is 1. The van der Waals surface area contributed by atoms with Gasteiger partial charge in [0.05, 0.1) is 0 Å². The molecule has 1 aromatic rings. The van der Waals surface area contributed by atoms with Crippen molar-refractivity contribution in [3.8, 4) is 11.5 Å². The number of nitrogen functional groups attached to an aromatic ring is 1. The molecule has 0 aliphatic rings. The van der Waals surface area contributed by atoms with Crippen LogP contribution in [0.4, 0.5) is 5.69 Å². The van der Waals surface area contributed by atoms with Crippen molar-refractivity contribution in [3.05, 3.63) is 18.2 Å². The Morgan fingerprint density at radius 2 is 1.93 bits per heavy atom. The van der Waals surface area contributed by atoms with Gasteiger partial charge in [-0.15, -0.1) is 24.8 Å². The quantitative estimate of drug-likeness (QED) is 0.693. The molecule has 0 unspecified atom stereocenters. The van der Waals surface area contributed by atoms with Crippen LogP contribution >= 0.6 is 24.8 Å². The van der Waals surface area contributed by atoms with Gasteiger partial charge in [-0.1, -0.05) is 0 Å². The maximum atomic E-state index is 9.27. The van der Waals surface area contributed by atoms with Crippen molar-refractivity contribution < 1.29 is 9.84 Å². The Balaban J connectivity index is 0. The van der Waals surface area contributed by atoms with E-state index in [1.54, 1.807) is 12.1 Å². The molecule has 0 saturated carbocycles. The molecule has 0 atom stereocenters. The second-order valence-electron chi connectivity index (χ2n) is 2.36. The van der Waals surface area contributed by atoms with Crippen molar-refractivity contribution in [2.45, 2.75) is 0 Å². The fourth-order valence-electron chi connectivity index (χ4n) is 0.825. The maximum Gasteiger partial charge on any atom is 0.161 e. The van der Waals surface area contributed by atoms with Crippen LogP contribution in [0, 0.1) is 0 Å². The minimum atomic E-state index is 0. The molecule has 0 saturated heterocycles. The zero-order chi connectivity index (χ0) is 8.97. The Hall–Kier alpha value is -0.840. The van der Waals surface area contributed by atoms with Gasteiger partial charge in [-0.3, -0.25) is 0 Å². The summed E-state index contributed by atoms with van der Waals surface area (Å²) in [5, 5.41) is 9.27. The molecule has 0 fully saturated rings. The number of ether oxygens (including phenoxy) is 1. The first kappa shape index (κ1) is 15.6. The predicted octanol–water partition coefficient (Wildman–Crippen LogP) is 1.16. The van der Waals surface area contributed by atoms with Crippen LogP contribution in [0.25, 0.3) is 0 Å². The molecule has 6 heteroatoms. The van der Waals surface area contributed by atoms with Gasteiger partial charge in [0.15, 0.2) is 11.5 Å². The highest BCUT2D eigenvalue weighted by atomic mass is 35.5. The Morgan fingerprint density at radius 3 is 2.43 bits per heavy atom. The zero-order valence-electron chi connectivity index (χ0n) is 7.47. The lowest BCUT2D eigenvalue weighted by Crippen LogP contribution is -2.10. The first-order chi connectivity index (χ1) is 5.74. The number of aromatic hydroxyl groups is 1. The van der Waals surface area contributed by atoms with Gasteiger partial charge in [0.1, 0.15) is 6.61 Å². The number of benzene rings is 1. The van der Waals surface area contributed by atoms with Crippen LogP contribution in [-0.2, 0) is 0 Å².